The molecular formula is C94H126N4O8. The first-order chi connectivity index (χ1) is 52.2. The highest BCUT2D eigenvalue weighted by Crippen LogP contribution is 2.43. The van der Waals surface area contributed by atoms with Gasteiger partial charge in [0.1, 0.15) is 0 Å². The maximum Gasteiger partial charge on any atom is 0.335 e. The summed E-state index contributed by atoms with van der Waals surface area (Å²) < 4.78 is 27.3. The minimum absolute atomic E-state index is 0.174. The molecule has 12 nitrogen and oxygen atoms in total. The van der Waals surface area contributed by atoms with E-state index in [1.807, 2.05) is 36.4 Å². The Balaban J connectivity index is 1.16. The molecule has 3 aromatic heterocycles. The SMILES string of the molecule is CCCCCCCCCCCCOc1ccc(-c2c3nc(c(-c4ccc(OCCCCCCCCCCCC)c(OCCCCCCCCCCCC)c4)c4ccc([nH]4)c(-c4ccc(C(=O)O)cc4)c4nc(c(-c5ccc(C(=O)O)cc5)c5ccc2[nH]5)C=C4)C=C3)cc1OCCCCCCCCCCCC. The molecule has 4 aromatic carbocycles. The minimum atomic E-state index is -1.01. The quantitative estimate of drug-likeness (QED) is 0.0269. The van der Waals surface area contributed by atoms with Crippen molar-refractivity contribution in [3.05, 3.63) is 143 Å². The number of aromatic nitrogens is 4. The predicted molar refractivity (Wildman–Crippen MR) is 444 cm³/mol. The Kier molecular flexibility index (Phi) is 35.9. The van der Waals surface area contributed by atoms with E-state index in [9.17, 15) is 19.8 Å². The molecule has 0 amide bonds. The van der Waals surface area contributed by atoms with Crippen LogP contribution in [0.2, 0.25) is 0 Å². The van der Waals surface area contributed by atoms with Crippen molar-refractivity contribution in [1.82, 2.24) is 19.9 Å². The molecule has 2 aliphatic rings. The molecular weight excluding hydrogens is 1310 g/mol. The largest absolute Gasteiger partial charge is 0.490 e. The highest BCUT2D eigenvalue weighted by molar-refractivity contribution is 6.01. The summed E-state index contributed by atoms with van der Waals surface area (Å²) in [5.41, 5.74) is 12.8. The van der Waals surface area contributed by atoms with Crippen LogP contribution in [0.3, 0.4) is 0 Å². The molecule has 0 saturated carbocycles. The van der Waals surface area contributed by atoms with Gasteiger partial charge in [-0.2, -0.15) is 0 Å². The van der Waals surface area contributed by atoms with E-state index in [4.69, 9.17) is 28.9 Å². The molecule has 5 heterocycles. The van der Waals surface area contributed by atoms with Crippen molar-refractivity contribution in [3.8, 4) is 67.5 Å². The normalized spacial score (nSPS) is 11.8. The number of carboxylic acid groups (broad SMARTS) is 2. The topological polar surface area (TPSA) is 169 Å². The van der Waals surface area contributed by atoms with E-state index in [-0.39, 0.29) is 11.1 Å². The van der Waals surface area contributed by atoms with Crippen LogP contribution >= 0.6 is 0 Å². The number of nitrogens with zero attached hydrogens (tertiary/aromatic N) is 2. The van der Waals surface area contributed by atoms with Crippen LogP contribution in [0.4, 0.5) is 0 Å². The minimum Gasteiger partial charge on any atom is -0.490 e. The summed E-state index contributed by atoms with van der Waals surface area (Å²) >= 11 is 0. The Morgan fingerprint density at radius 1 is 0.274 bits per heavy atom. The van der Waals surface area contributed by atoms with Gasteiger partial charge in [0.15, 0.2) is 23.0 Å². The zero-order chi connectivity index (χ0) is 74.2. The molecule has 0 saturated heterocycles. The summed E-state index contributed by atoms with van der Waals surface area (Å²) in [6.07, 6.45) is 57.9. The number of hydrogen-bond donors (Lipinski definition) is 4. The number of carboxylic acids is 2. The van der Waals surface area contributed by atoms with Gasteiger partial charge in [0, 0.05) is 44.3 Å². The molecule has 106 heavy (non-hydrogen) atoms. The van der Waals surface area contributed by atoms with Crippen molar-refractivity contribution in [2.45, 2.75) is 285 Å². The molecule has 12 heteroatoms. The molecule has 0 spiro atoms. The van der Waals surface area contributed by atoms with Gasteiger partial charge in [-0.25, -0.2) is 19.6 Å². The Morgan fingerprint density at radius 2 is 0.491 bits per heavy atom. The molecule has 0 atom stereocenters. The number of ether oxygens (including phenoxy) is 4. The number of benzene rings is 4. The van der Waals surface area contributed by atoms with E-state index in [1.54, 1.807) is 24.3 Å². The fourth-order valence-corrected chi connectivity index (χ4v) is 14.9. The number of rotatable bonds is 54. The van der Waals surface area contributed by atoms with E-state index in [1.165, 1.54) is 205 Å². The molecule has 2 aliphatic heterocycles. The number of fused-ring (bicyclic) bond motifs is 8. The Labute approximate surface area is 635 Å². The Hall–Kier alpha value is -8.38. The molecule has 7 aromatic rings. The maximum absolute atomic E-state index is 12.3. The third kappa shape index (κ3) is 26.0. The third-order valence-electron chi connectivity index (χ3n) is 21.1. The summed E-state index contributed by atoms with van der Waals surface area (Å²) in [5, 5.41) is 20.2. The van der Waals surface area contributed by atoms with Gasteiger partial charge in [-0.3, -0.25) is 0 Å². The molecule has 8 bridgehead atoms. The fraction of sp³-hybridized carbons (Fsp3) is 0.511. The smallest absolute Gasteiger partial charge is 0.335 e. The van der Waals surface area contributed by atoms with Crippen molar-refractivity contribution in [2.75, 3.05) is 26.4 Å². The summed E-state index contributed by atoms with van der Waals surface area (Å²) in [7, 11) is 0. The van der Waals surface area contributed by atoms with E-state index in [0.29, 0.717) is 49.3 Å². The average molecular weight is 1440 g/mol. The molecule has 4 N–H and O–H groups in total. The van der Waals surface area contributed by atoms with Gasteiger partial charge in [-0.05, 0) is 145 Å². The number of H-pyrrole nitrogens is 2. The van der Waals surface area contributed by atoms with Crippen LogP contribution in [-0.4, -0.2) is 68.5 Å². The van der Waals surface area contributed by atoms with Crippen molar-refractivity contribution in [2.24, 2.45) is 0 Å². The van der Waals surface area contributed by atoms with Gasteiger partial charge in [-0.15, -0.1) is 0 Å². The van der Waals surface area contributed by atoms with Crippen LogP contribution in [0.5, 0.6) is 23.0 Å². The van der Waals surface area contributed by atoms with Gasteiger partial charge in [0.25, 0.3) is 0 Å². The number of aromatic carboxylic acids is 2. The van der Waals surface area contributed by atoms with Crippen LogP contribution in [-0.2, 0) is 0 Å². The first-order valence-corrected chi connectivity index (χ1v) is 41.8. The van der Waals surface area contributed by atoms with E-state index in [0.717, 1.165) is 141 Å². The second-order valence-corrected chi connectivity index (χ2v) is 29.7. The lowest BCUT2D eigenvalue weighted by Gasteiger charge is -2.15. The van der Waals surface area contributed by atoms with E-state index < -0.39 is 11.9 Å². The Morgan fingerprint density at radius 3 is 0.736 bits per heavy atom. The first kappa shape index (κ1) is 81.7. The number of aromatic amines is 2. The number of nitrogens with one attached hydrogen (secondary N) is 2. The molecule has 570 valence electrons. The van der Waals surface area contributed by atoms with Crippen molar-refractivity contribution in [3.63, 3.8) is 0 Å². The standard InChI is InChI=1S/C94H126N4O8/c1-5-9-13-17-21-25-29-33-37-41-65-103-85-63-53-75(69-87(85)105-67-43-39-35-31-27-23-19-15-11-7-3)91-81-59-57-79(96-81)89(71-45-49-73(50-46-71)93(99)100)77-55-56-78(95-77)90(72-47-51-74(52-48-72)94(101)102)80-58-60-82(97-80)92(84-62-61-83(91)98-84)76-54-64-86(104-66-42-38-34-30-26-22-18-14-10-6-2)88(70-76)106-68-44-40-36-32-28-24-20-16-12-8-4/h45-64,69-70,96-97H,5-44,65-68H2,1-4H3,(H,99,100)(H,101,102). The molecule has 9 rings (SSSR count). The summed E-state index contributed by atoms with van der Waals surface area (Å²) in [5.74, 6) is 0.848. The van der Waals surface area contributed by atoms with Gasteiger partial charge >= 0.3 is 11.9 Å². The van der Waals surface area contributed by atoms with E-state index >= 15 is 0 Å². The molecule has 0 fully saturated rings. The van der Waals surface area contributed by atoms with Gasteiger partial charge in [0.2, 0.25) is 0 Å². The number of carbonyl (C=O) groups is 2. The predicted octanol–water partition coefficient (Wildman–Crippen LogP) is 27.9. The number of unbranched alkanes of at least 4 members (excludes halogenated alkanes) is 36. The van der Waals surface area contributed by atoms with Crippen LogP contribution in [0.25, 0.3) is 90.9 Å². The monoisotopic (exact) mass is 1440 g/mol. The molecule has 0 radical (unpaired) electrons. The summed E-state index contributed by atoms with van der Waals surface area (Å²) in [4.78, 5) is 43.7. The zero-order valence-corrected chi connectivity index (χ0v) is 65.1. The summed E-state index contributed by atoms with van der Waals surface area (Å²) in [6.45, 7) is 11.5. The maximum atomic E-state index is 12.3. The van der Waals surface area contributed by atoms with Crippen molar-refractivity contribution in [1.29, 1.82) is 0 Å². The van der Waals surface area contributed by atoms with Gasteiger partial charge in [0.05, 0.1) is 60.3 Å². The van der Waals surface area contributed by atoms with Crippen LogP contribution < -0.4 is 18.9 Å². The van der Waals surface area contributed by atoms with Crippen molar-refractivity contribution < 1.29 is 38.7 Å². The highest BCUT2D eigenvalue weighted by atomic mass is 16.5. The number of hydrogen-bond acceptors (Lipinski definition) is 8. The van der Waals surface area contributed by atoms with Crippen LogP contribution in [0, 0.1) is 0 Å². The van der Waals surface area contributed by atoms with E-state index in [2.05, 4.69) is 110 Å². The molecule has 0 aliphatic carbocycles. The fourth-order valence-electron chi connectivity index (χ4n) is 14.9. The lowest BCUT2D eigenvalue weighted by molar-refractivity contribution is 0.0686. The van der Waals surface area contributed by atoms with Gasteiger partial charge < -0.3 is 39.1 Å². The lowest BCUT2D eigenvalue weighted by atomic mass is 10.0. The van der Waals surface area contributed by atoms with Crippen LogP contribution in [0.15, 0.2) is 109 Å². The second-order valence-electron chi connectivity index (χ2n) is 29.7. The highest BCUT2D eigenvalue weighted by Gasteiger charge is 2.22. The summed E-state index contributed by atoms with van der Waals surface area (Å²) in [6, 6.07) is 34.9. The Bertz CT molecular complexity index is 3760. The zero-order valence-electron chi connectivity index (χ0n) is 65.1. The first-order valence-electron chi connectivity index (χ1n) is 41.8. The lowest BCUT2D eigenvalue weighted by Crippen LogP contribution is -2.03. The van der Waals surface area contributed by atoms with Crippen LogP contribution in [0.1, 0.15) is 328 Å². The molecule has 0 unspecified atom stereocenters. The van der Waals surface area contributed by atoms with Crippen molar-refractivity contribution >= 4 is 58.3 Å². The second kappa shape index (κ2) is 46.6. The average Bonchev–Trinajstić information content (AvgIpc) is 1.61. The van der Waals surface area contributed by atoms with Gasteiger partial charge in [-0.1, -0.05) is 295 Å². The third-order valence-corrected chi connectivity index (χ3v) is 21.1.